The van der Waals surface area contributed by atoms with E-state index in [0.717, 1.165) is 54.3 Å². The minimum Gasteiger partial charge on any atom is -0.497 e. The summed E-state index contributed by atoms with van der Waals surface area (Å²) in [6, 6.07) is 9.96. The molecule has 1 unspecified atom stereocenters. The summed E-state index contributed by atoms with van der Waals surface area (Å²) in [7, 11) is 1.66. The second-order valence-electron chi connectivity index (χ2n) is 8.68. The van der Waals surface area contributed by atoms with Gasteiger partial charge in [0, 0.05) is 25.1 Å². The number of ether oxygens (including phenoxy) is 2. The number of nitrogens with zero attached hydrogens (tertiary/aromatic N) is 5. The first-order valence-electron chi connectivity index (χ1n) is 10.4. The molecular weight excluding hydrogens is 382 g/mol. The van der Waals surface area contributed by atoms with Gasteiger partial charge >= 0.3 is 0 Å². The number of aromatic nitrogens is 4. The van der Waals surface area contributed by atoms with Gasteiger partial charge in [-0.25, -0.2) is 0 Å². The van der Waals surface area contributed by atoms with Crippen LogP contribution in [0.2, 0.25) is 0 Å². The molecule has 0 radical (unpaired) electrons. The highest BCUT2D eigenvalue weighted by Crippen LogP contribution is 2.41. The summed E-state index contributed by atoms with van der Waals surface area (Å²) in [5.74, 6) is 0.814. The molecule has 0 aliphatic carbocycles. The van der Waals surface area contributed by atoms with Crippen LogP contribution < -0.4 is 9.64 Å². The molecule has 2 fully saturated rings. The molecule has 30 heavy (non-hydrogen) atoms. The van der Waals surface area contributed by atoms with Gasteiger partial charge in [-0.3, -0.25) is 0 Å². The van der Waals surface area contributed by atoms with Crippen molar-refractivity contribution >= 4 is 11.3 Å². The predicted molar refractivity (Wildman–Crippen MR) is 113 cm³/mol. The highest BCUT2D eigenvalue weighted by atomic mass is 16.5. The lowest BCUT2D eigenvalue weighted by molar-refractivity contribution is -0.162. The van der Waals surface area contributed by atoms with Crippen LogP contribution in [0.5, 0.6) is 5.75 Å². The molecule has 2 saturated heterocycles. The third-order valence-electron chi connectivity index (χ3n) is 6.40. The highest BCUT2D eigenvalue weighted by Gasteiger charge is 2.44. The van der Waals surface area contributed by atoms with Crippen LogP contribution in [0.4, 0.5) is 5.69 Å². The lowest BCUT2D eigenvalue weighted by Gasteiger charge is -2.48. The highest BCUT2D eigenvalue weighted by molar-refractivity contribution is 5.74. The van der Waals surface area contributed by atoms with E-state index < -0.39 is 5.60 Å². The quantitative estimate of drug-likeness (QED) is 0.712. The van der Waals surface area contributed by atoms with E-state index in [0.29, 0.717) is 19.4 Å². The largest absolute Gasteiger partial charge is 0.497 e. The Morgan fingerprint density at radius 3 is 2.60 bits per heavy atom. The van der Waals surface area contributed by atoms with Crippen molar-refractivity contribution in [2.75, 3.05) is 31.7 Å². The predicted octanol–water partition coefficient (Wildman–Crippen LogP) is 2.70. The molecule has 8 nitrogen and oxygen atoms in total. The summed E-state index contributed by atoms with van der Waals surface area (Å²) in [6.45, 7) is 4.22. The van der Waals surface area contributed by atoms with Crippen LogP contribution in [0, 0.1) is 0 Å². The van der Waals surface area contributed by atoms with Gasteiger partial charge in [-0.05, 0) is 56.5 Å². The maximum Gasteiger partial charge on any atom is 0.200 e. The molecule has 2 aromatic heterocycles. The zero-order chi connectivity index (χ0) is 20.8. The van der Waals surface area contributed by atoms with Crippen LogP contribution >= 0.6 is 0 Å². The zero-order valence-corrected chi connectivity index (χ0v) is 17.4. The van der Waals surface area contributed by atoms with E-state index >= 15 is 0 Å². The van der Waals surface area contributed by atoms with Gasteiger partial charge in [0.1, 0.15) is 12.1 Å². The number of fused-ring (bicyclic) bond motifs is 1. The fourth-order valence-electron chi connectivity index (χ4n) is 4.74. The van der Waals surface area contributed by atoms with E-state index in [2.05, 4.69) is 26.3 Å². The number of rotatable bonds is 3. The van der Waals surface area contributed by atoms with Crippen molar-refractivity contribution in [1.82, 2.24) is 19.8 Å². The van der Waals surface area contributed by atoms with E-state index in [-0.39, 0.29) is 5.60 Å². The molecule has 4 heterocycles. The molecule has 3 aromatic rings. The molecule has 1 atom stereocenters. The fourth-order valence-corrected chi connectivity index (χ4v) is 4.74. The molecule has 5 rings (SSSR count). The molecule has 2 aliphatic heterocycles. The zero-order valence-electron chi connectivity index (χ0n) is 17.4. The molecule has 8 heteroatoms. The van der Waals surface area contributed by atoms with Gasteiger partial charge in [-0.15, -0.1) is 10.2 Å². The number of anilines is 1. The summed E-state index contributed by atoms with van der Waals surface area (Å²) >= 11 is 0. The first-order chi connectivity index (χ1) is 14.5. The average molecular weight is 409 g/mol. The molecule has 1 N–H and O–H groups in total. The lowest BCUT2D eigenvalue weighted by Crippen LogP contribution is -2.53. The molecule has 1 aromatic carbocycles. The van der Waals surface area contributed by atoms with Crippen LogP contribution in [0.1, 0.15) is 32.6 Å². The van der Waals surface area contributed by atoms with E-state index in [4.69, 9.17) is 9.47 Å². The summed E-state index contributed by atoms with van der Waals surface area (Å²) in [6.07, 6.45) is 4.79. The maximum absolute atomic E-state index is 10.6. The summed E-state index contributed by atoms with van der Waals surface area (Å²) in [5.41, 5.74) is 2.77. The number of hydrogen-bond donors (Lipinski definition) is 1. The Kier molecular flexibility index (Phi) is 4.63. The number of benzene rings is 1. The van der Waals surface area contributed by atoms with Crippen molar-refractivity contribution in [1.29, 1.82) is 0 Å². The Hall–Kier alpha value is -2.71. The van der Waals surface area contributed by atoms with Crippen LogP contribution in [0.15, 0.2) is 36.7 Å². The summed E-state index contributed by atoms with van der Waals surface area (Å²) < 4.78 is 13.2. The van der Waals surface area contributed by atoms with Crippen LogP contribution in [0.25, 0.3) is 16.9 Å². The maximum atomic E-state index is 10.6. The Bertz CT molecular complexity index is 1040. The van der Waals surface area contributed by atoms with Crippen molar-refractivity contribution in [2.45, 2.75) is 43.8 Å². The minimum atomic E-state index is -0.640. The second-order valence-corrected chi connectivity index (χ2v) is 8.68. The smallest absolute Gasteiger partial charge is 0.200 e. The van der Waals surface area contributed by atoms with Crippen molar-refractivity contribution < 1.29 is 14.6 Å². The molecule has 158 valence electrons. The molecule has 0 bridgehead atoms. The SMILES string of the molecule is COc1ccc(-c2cc(N3CCC4(CC3)CC(C)(O)CCO4)c3nncn3n2)cc1. The van der Waals surface area contributed by atoms with Crippen molar-refractivity contribution in [3.63, 3.8) is 0 Å². The van der Waals surface area contributed by atoms with Crippen LogP contribution in [0.3, 0.4) is 0 Å². The Morgan fingerprint density at radius 1 is 1.13 bits per heavy atom. The Labute approximate surface area is 175 Å². The van der Waals surface area contributed by atoms with E-state index in [1.165, 1.54) is 0 Å². The van der Waals surface area contributed by atoms with Gasteiger partial charge in [0.15, 0.2) is 0 Å². The topological polar surface area (TPSA) is 85.0 Å². The van der Waals surface area contributed by atoms with Crippen molar-refractivity contribution in [3.05, 3.63) is 36.7 Å². The minimum absolute atomic E-state index is 0.228. The van der Waals surface area contributed by atoms with Gasteiger partial charge in [-0.1, -0.05) is 0 Å². The standard InChI is InChI=1S/C22H27N5O3/c1-21(28)9-12-30-22(14-21)7-10-26(11-8-22)19-13-18(25-27-15-23-24-20(19)27)16-3-5-17(29-2)6-4-16/h3-6,13,15,28H,7-12,14H2,1-2H3. The van der Waals surface area contributed by atoms with Gasteiger partial charge in [0.25, 0.3) is 0 Å². The summed E-state index contributed by atoms with van der Waals surface area (Å²) in [5, 5.41) is 23.6. The number of hydrogen-bond acceptors (Lipinski definition) is 7. The average Bonchev–Trinajstić information content (AvgIpc) is 3.22. The van der Waals surface area contributed by atoms with Crippen LogP contribution in [-0.4, -0.2) is 62.9 Å². The van der Waals surface area contributed by atoms with E-state index in [1.807, 2.05) is 31.2 Å². The lowest BCUT2D eigenvalue weighted by atomic mass is 9.78. The molecule has 0 amide bonds. The molecule has 2 aliphatic rings. The fraction of sp³-hybridized carbons (Fsp3) is 0.500. The number of aliphatic hydroxyl groups is 1. The second kappa shape index (κ2) is 7.21. The van der Waals surface area contributed by atoms with E-state index in [9.17, 15) is 5.11 Å². The van der Waals surface area contributed by atoms with E-state index in [1.54, 1.807) is 18.0 Å². The molecule has 1 spiro atoms. The third kappa shape index (κ3) is 3.50. The van der Waals surface area contributed by atoms with Crippen molar-refractivity contribution in [2.24, 2.45) is 0 Å². The van der Waals surface area contributed by atoms with Gasteiger partial charge in [0.2, 0.25) is 5.65 Å². The number of piperidine rings is 1. The van der Waals surface area contributed by atoms with Gasteiger partial charge in [-0.2, -0.15) is 9.61 Å². The molecule has 0 saturated carbocycles. The monoisotopic (exact) mass is 409 g/mol. The molecular formula is C22H27N5O3. The van der Waals surface area contributed by atoms with Gasteiger partial charge in [0.05, 0.1) is 36.3 Å². The Morgan fingerprint density at radius 2 is 1.90 bits per heavy atom. The summed E-state index contributed by atoms with van der Waals surface area (Å²) in [4.78, 5) is 2.33. The van der Waals surface area contributed by atoms with Crippen molar-refractivity contribution in [3.8, 4) is 17.0 Å². The number of methoxy groups -OCH3 is 1. The third-order valence-corrected chi connectivity index (χ3v) is 6.40. The normalized spacial score (nSPS) is 23.8. The van der Waals surface area contributed by atoms with Crippen LogP contribution in [-0.2, 0) is 4.74 Å². The first-order valence-corrected chi connectivity index (χ1v) is 10.4. The first kappa shape index (κ1) is 19.3. The Balaban J connectivity index is 1.44. The van der Waals surface area contributed by atoms with Gasteiger partial charge < -0.3 is 19.5 Å².